The summed E-state index contributed by atoms with van der Waals surface area (Å²) in [6.07, 6.45) is 0.220. The summed E-state index contributed by atoms with van der Waals surface area (Å²) in [5.41, 5.74) is -1.40. The molecule has 0 rings (SSSR count). The fourth-order valence-corrected chi connectivity index (χ4v) is 0.906. The van der Waals surface area contributed by atoms with Crippen molar-refractivity contribution in [3.8, 4) is 0 Å². The maximum atomic E-state index is 11.5. The van der Waals surface area contributed by atoms with E-state index < -0.39 is 23.3 Å². The fourth-order valence-electron chi connectivity index (χ4n) is 0.906. The molecule has 0 aromatic rings. The summed E-state index contributed by atoms with van der Waals surface area (Å²) in [5, 5.41) is 0. The van der Waals surface area contributed by atoms with Gasteiger partial charge in [0.15, 0.2) is 5.41 Å². The molecule has 15 heavy (non-hydrogen) atoms. The molecule has 0 N–H and O–H groups in total. The van der Waals surface area contributed by atoms with E-state index in [-0.39, 0.29) is 13.0 Å². The van der Waals surface area contributed by atoms with Gasteiger partial charge in [-0.05, 0) is 20.3 Å². The molecule has 0 unspecified atom stereocenters. The molecule has 0 aliphatic rings. The Kier molecular flexibility index (Phi) is 4.97. The Morgan fingerprint density at radius 3 is 2.00 bits per heavy atom. The first kappa shape index (κ1) is 13.6. The van der Waals surface area contributed by atoms with Crippen LogP contribution in [-0.4, -0.2) is 24.5 Å². The Bertz CT molecular complexity index is 271. The molecule has 86 valence electrons. The van der Waals surface area contributed by atoms with E-state index in [2.05, 4.69) is 4.74 Å². The van der Waals surface area contributed by atoms with Gasteiger partial charge < -0.3 is 9.47 Å². The summed E-state index contributed by atoms with van der Waals surface area (Å²) in [7, 11) is 0. The van der Waals surface area contributed by atoms with Crippen molar-refractivity contribution in [3.63, 3.8) is 0 Å². The van der Waals surface area contributed by atoms with Crippen molar-refractivity contribution in [2.75, 3.05) is 6.61 Å². The minimum absolute atomic E-state index is 0.182. The molecular weight excluding hydrogens is 200 g/mol. The Balaban J connectivity index is 4.75. The van der Waals surface area contributed by atoms with Gasteiger partial charge >= 0.3 is 17.9 Å². The van der Waals surface area contributed by atoms with Gasteiger partial charge in [0, 0.05) is 6.92 Å². The van der Waals surface area contributed by atoms with E-state index in [1.807, 2.05) is 0 Å². The van der Waals surface area contributed by atoms with Crippen LogP contribution in [0.1, 0.15) is 34.1 Å². The summed E-state index contributed by atoms with van der Waals surface area (Å²) in [4.78, 5) is 33.6. The number of hydrogen-bond donors (Lipinski definition) is 0. The van der Waals surface area contributed by atoms with Crippen LogP contribution >= 0.6 is 0 Å². The van der Waals surface area contributed by atoms with Gasteiger partial charge in [-0.1, -0.05) is 6.92 Å². The second-order valence-corrected chi connectivity index (χ2v) is 3.29. The number of carbonyl (C=O) groups is 3. The number of carbonyl (C=O) groups excluding carboxylic acids is 3. The third-order valence-electron chi connectivity index (χ3n) is 2.12. The first-order chi connectivity index (χ1) is 6.88. The molecule has 1 atom stereocenters. The van der Waals surface area contributed by atoms with Crippen LogP contribution in [-0.2, 0) is 23.9 Å². The van der Waals surface area contributed by atoms with Crippen molar-refractivity contribution < 1.29 is 23.9 Å². The van der Waals surface area contributed by atoms with E-state index >= 15 is 0 Å². The minimum atomic E-state index is -1.40. The standard InChI is InChI=1S/C10H16O5/c1-5-10(4,8(12)14-6-2)9(13)15-7(3)11/h5-6H2,1-4H3/t10-/m1/s1. The van der Waals surface area contributed by atoms with Crippen LogP contribution < -0.4 is 0 Å². The van der Waals surface area contributed by atoms with Gasteiger partial charge in [-0.15, -0.1) is 0 Å². The SMILES string of the molecule is CCOC(=O)[C@@](C)(CC)C(=O)OC(C)=O. The highest BCUT2D eigenvalue weighted by Crippen LogP contribution is 2.25. The average Bonchev–Trinajstić information content (AvgIpc) is 2.15. The predicted molar refractivity (Wildman–Crippen MR) is 51.8 cm³/mol. The Morgan fingerprint density at radius 2 is 1.67 bits per heavy atom. The van der Waals surface area contributed by atoms with Gasteiger partial charge in [0.2, 0.25) is 0 Å². The van der Waals surface area contributed by atoms with Crippen LogP contribution in [0, 0.1) is 5.41 Å². The van der Waals surface area contributed by atoms with Crippen LogP contribution in [0.4, 0.5) is 0 Å². The van der Waals surface area contributed by atoms with Crippen molar-refractivity contribution in [2.45, 2.75) is 34.1 Å². The van der Waals surface area contributed by atoms with Crippen LogP contribution in [0.25, 0.3) is 0 Å². The third kappa shape index (κ3) is 3.34. The van der Waals surface area contributed by atoms with E-state index in [1.165, 1.54) is 6.92 Å². The van der Waals surface area contributed by atoms with Crippen molar-refractivity contribution in [3.05, 3.63) is 0 Å². The molecule has 5 nitrogen and oxygen atoms in total. The quantitative estimate of drug-likeness (QED) is 0.519. The van der Waals surface area contributed by atoms with Crippen molar-refractivity contribution in [1.29, 1.82) is 0 Å². The molecule has 0 aromatic heterocycles. The highest BCUT2D eigenvalue weighted by atomic mass is 16.6. The van der Waals surface area contributed by atoms with Crippen molar-refractivity contribution in [2.24, 2.45) is 5.41 Å². The van der Waals surface area contributed by atoms with Crippen LogP contribution in [0.2, 0.25) is 0 Å². The lowest BCUT2D eigenvalue weighted by molar-refractivity contribution is -0.174. The van der Waals surface area contributed by atoms with Gasteiger partial charge in [-0.3, -0.25) is 14.4 Å². The Labute approximate surface area is 88.7 Å². The predicted octanol–water partition coefficient (Wildman–Crippen LogP) is 1.06. The number of esters is 3. The van der Waals surface area contributed by atoms with E-state index in [4.69, 9.17) is 4.74 Å². The van der Waals surface area contributed by atoms with E-state index in [1.54, 1.807) is 13.8 Å². The molecule has 0 amide bonds. The maximum Gasteiger partial charge on any atom is 0.330 e. The molecule has 0 heterocycles. The Morgan fingerprint density at radius 1 is 1.13 bits per heavy atom. The van der Waals surface area contributed by atoms with E-state index in [9.17, 15) is 14.4 Å². The number of ether oxygens (including phenoxy) is 2. The molecule has 0 aliphatic heterocycles. The van der Waals surface area contributed by atoms with Gasteiger partial charge in [0.05, 0.1) is 6.61 Å². The van der Waals surface area contributed by atoms with Crippen LogP contribution in [0.3, 0.4) is 0 Å². The molecule has 0 radical (unpaired) electrons. The fraction of sp³-hybridized carbons (Fsp3) is 0.700. The van der Waals surface area contributed by atoms with Gasteiger partial charge in [-0.2, -0.15) is 0 Å². The van der Waals surface area contributed by atoms with Gasteiger partial charge in [0.25, 0.3) is 0 Å². The molecule has 0 spiro atoms. The maximum absolute atomic E-state index is 11.5. The van der Waals surface area contributed by atoms with Crippen LogP contribution in [0.5, 0.6) is 0 Å². The zero-order valence-electron chi connectivity index (χ0n) is 9.46. The molecule has 0 aliphatic carbocycles. The Hall–Kier alpha value is -1.39. The first-order valence-electron chi connectivity index (χ1n) is 4.78. The largest absolute Gasteiger partial charge is 0.465 e. The van der Waals surface area contributed by atoms with E-state index in [0.29, 0.717) is 0 Å². The summed E-state index contributed by atoms with van der Waals surface area (Å²) >= 11 is 0. The molecular formula is C10H16O5. The third-order valence-corrected chi connectivity index (χ3v) is 2.12. The molecule has 0 aromatic carbocycles. The first-order valence-corrected chi connectivity index (χ1v) is 4.78. The second-order valence-electron chi connectivity index (χ2n) is 3.29. The molecule has 0 bridgehead atoms. The van der Waals surface area contributed by atoms with Crippen molar-refractivity contribution in [1.82, 2.24) is 0 Å². The smallest absolute Gasteiger partial charge is 0.330 e. The minimum Gasteiger partial charge on any atom is -0.465 e. The lowest BCUT2D eigenvalue weighted by atomic mass is 9.88. The highest BCUT2D eigenvalue weighted by Gasteiger charge is 2.43. The molecule has 0 fully saturated rings. The lowest BCUT2D eigenvalue weighted by Gasteiger charge is -2.22. The monoisotopic (exact) mass is 216 g/mol. The lowest BCUT2D eigenvalue weighted by Crippen LogP contribution is -2.39. The topological polar surface area (TPSA) is 69.7 Å². The van der Waals surface area contributed by atoms with Crippen molar-refractivity contribution >= 4 is 17.9 Å². The zero-order valence-corrected chi connectivity index (χ0v) is 9.46. The molecule has 5 heteroatoms. The second kappa shape index (κ2) is 5.48. The summed E-state index contributed by atoms with van der Waals surface area (Å²) in [6, 6.07) is 0. The van der Waals surface area contributed by atoms with E-state index in [0.717, 1.165) is 6.92 Å². The van der Waals surface area contributed by atoms with Gasteiger partial charge in [0.1, 0.15) is 0 Å². The zero-order chi connectivity index (χ0) is 12.1. The molecule has 0 saturated carbocycles. The summed E-state index contributed by atoms with van der Waals surface area (Å²) in [6.45, 7) is 5.99. The number of rotatable bonds is 4. The molecule has 0 saturated heterocycles. The number of hydrogen-bond acceptors (Lipinski definition) is 5. The average molecular weight is 216 g/mol. The normalized spacial score (nSPS) is 13.9. The highest BCUT2D eigenvalue weighted by molar-refractivity contribution is 6.02. The van der Waals surface area contributed by atoms with Crippen LogP contribution in [0.15, 0.2) is 0 Å². The summed E-state index contributed by atoms with van der Waals surface area (Å²) < 4.78 is 9.14. The van der Waals surface area contributed by atoms with Gasteiger partial charge in [-0.25, -0.2) is 0 Å². The summed E-state index contributed by atoms with van der Waals surface area (Å²) in [5.74, 6) is -2.27.